The van der Waals surface area contributed by atoms with Gasteiger partial charge in [0.2, 0.25) is 5.91 Å². The summed E-state index contributed by atoms with van der Waals surface area (Å²) >= 11 is 1.55. The van der Waals surface area contributed by atoms with Gasteiger partial charge in [0.15, 0.2) is 6.10 Å². The Morgan fingerprint density at radius 2 is 2.30 bits per heavy atom. The van der Waals surface area contributed by atoms with Crippen molar-refractivity contribution >= 4 is 35.2 Å². The van der Waals surface area contributed by atoms with Gasteiger partial charge in [-0.1, -0.05) is 6.08 Å². The summed E-state index contributed by atoms with van der Waals surface area (Å²) in [5.74, 6) is -0.392. The first-order chi connectivity index (χ1) is 11.0. The number of hydrogen-bond acceptors (Lipinski definition) is 5. The lowest BCUT2D eigenvalue weighted by molar-refractivity contribution is -0.128. The van der Waals surface area contributed by atoms with Crippen molar-refractivity contribution in [1.82, 2.24) is 5.32 Å². The van der Waals surface area contributed by atoms with E-state index >= 15 is 0 Å². The first-order valence-corrected chi connectivity index (χ1v) is 8.16. The molecule has 0 unspecified atom stereocenters. The molecule has 0 aliphatic carbocycles. The summed E-state index contributed by atoms with van der Waals surface area (Å²) in [7, 11) is 0. The maximum atomic E-state index is 12.1. The average molecular weight is 334 g/mol. The van der Waals surface area contributed by atoms with Crippen LogP contribution >= 0.6 is 11.8 Å². The molecule has 23 heavy (non-hydrogen) atoms. The zero-order chi connectivity index (χ0) is 16.8. The summed E-state index contributed by atoms with van der Waals surface area (Å²) in [5.41, 5.74) is 0.880. The Morgan fingerprint density at radius 3 is 3.04 bits per heavy atom. The number of ether oxygens (including phenoxy) is 1. The van der Waals surface area contributed by atoms with Crippen LogP contribution in [0.3, 0.4) is 0 Å². The fourth-order valence-corrected chi connectivity index (χ4v) is 2.88. The molecule has 1 aliphatic heterocycles. The Morgan fingerprint density at radius 1 is 1.52 bits per heavy atom. The summed E-state index contributed by atoms with van der Waals surface area (Å²) in [4.78, 5) is 36.3. The number of carbonyl (C=O) groups excluding carboxylic acids is 3. The fraction of sp³-hybridized carbons (Fsp3) is 0.312. The highest BCUT2D eigenvalue weighted by molar-refractivity contribution is 7.99. The number of thioether (sulfide) groups is 1. The van der Waals surface area contributed by atoms with Crippen molar-refractivity contribution < 1.29 is 19.1 Å². The van der Waals surface area contributed by atoms with Gasteiger partial charge in [-0.3, -0.25) is 9.59 Å². The van der Waals surface area contributed by atoms with Gasteiger partial charge < -0.3 is 15.4 Å². The van der Waals surface area contributed by atoms with Gasteiger partial charge in [0, 0.05) is 23.6 Å². The molecular weight excluding hydrogens is 316 g/mol. The first kappa shape index (κ1) is 17.1. The monoisotopic (exact) mass is 334 g/mol. The second kappa shape index (κ2) is 7.82. The third-order valence-corrected chi connectivity index (χ3v) is 4.22. The molecule has 2 rings (SSSR count). The third-order valence-electron chi connectivity index (χ3n) is 3.15. The van der Waals surface area contributed by atoms with Crippen molar-refractivity contribution in [3.8, 4) is 0 Å². The molecular formula is C16H18N2O4S. The SMILES string of the molecule is C=CCNC(=O)[C@@H](C)OC(=O)c1ccc2c(c1)NC(=O)CCS2. The third kappa shape index (κ3) is 4.59. The quantitative estimate of drug-likeness (QED) is 0.635. The number of fused-ring (bicyclic) bond motifs is 1. The standard InChI is InChI=1S/C16H18N2O4S/c1-3-7-17-15(20)10(2)22-16(21)11-4-5-13-12(9-11)18-14(19)6-8-23-13/h3-5,9-10H,1,6-8H2,2H3,(H,17,20)(H,18,19)/t10-/m1/s1. The Balaban J connectivity index is 2.06. The fourth-order valence-electron chi connectivity index (χ4n) is 1.95. The van der Waals surface area contributed by atoms with E-state index in [2.05, 4.69) is 17.2 Å². The molecule has 7 heteroatoms. The number of esters is 1. The Kier molecular flexibility index (Phi) is 5.81. The molecule has 1 aromatic carbocycles. The van der Waals surface area contributed by atoms with Crippen LogP contribution in [0.2, 0.25) is 0 Å². The van der Waals surface area contributed by atoms with Gasteiger partial charge in [0.05, 0.1) is 11.3 Å². The van der Waals surface area contributed by atoms with Gasteiger partial charge >= 0.3 is 5.97 Å². The topological polar surface area (TPSA) is 84.5 Å². The largest absolute Gasteiger partial charge is 0.449 e. The van der Waals surface area contributed by atoms with Crippen molar-refractivity contribution in [2.45, 2.75) is 24.3 Å². The molecule has 0 spiro atoms. The summed E-state index contributed by atoms with van der Waals surface area (Å²) < 4.78 is 5.14. The minimum atomic E-state index is -0.912. The van der Waals surface area contributed by atoms with Gasteiger partial charge in [0.1, 0.15) is 0 Å². The van der Waals surface area contributed by atoms with Crippen molar-refractivity contribution in [2.24, 2.45) is 0 Å². The molecule has 0 fully saturated rings. The van der Waals surface area contributed by atoms with Crippen molar-refractivity contribution in [1.29, 1.82) is 0 Å². The minimum absolute atomic E-state index is 0.0843. The van der Waals surface area contributed by atoms with E-state index in [0.29, 0.717) is 24.4 Å². The van der Waals surface area contributed by atoms with E-state index in [-0.39, 0.29) is 11.5 Å². The number of nitrogens with one attached hydrogen (secondary N) is 2. The highest BCUT2D eigenvalue weighted by atomic mass is 32.2. The molecule has 122 valence electrons. The van der Waals surface area contributed by atoms with Crippen LogP contribution in [0.5, 0.6) is 0 Å². The zero-order valence-electron chi connectivity index (χ0n) is 12.8. The predicted molar refractivity (Wildman–Crippen MR) is 88.5 cm³/mol. The van der Waals surface area contributed by atoms with Crippen LogP contribution < -0.4 is 10.6 Å². The normalized spacial score (nSPS) is 14.7. The smallest absolute Gasteiger partial charge is 0.338 e. The van der Waals surface area contributed by atoms with Gasteiger partial charge in [-0.25, -0.2) is 4.79 Å². The van der Waals surface area contributed by atoms with E-state index in [4.69, 9.17) is 4.74 Å². The molecule has 1 atom stereocenters. The Labute approximate surface area is 138 Å². The molecule has 1 heterocycles. The van der Waals surface area contributed by atoms with E-state index < -0.39 is 18.0 Å². The maximum absolute atomic E-state index is 12.1. The summed E-state index contributed by atoms with van der Waals surface area (Å²) in [6.07, 6.45) is 1.06. The molecule has 0 saturated carbocycles. The second-order valence-electron chi connectivity index (χ2n) is 4.94. The second-order valence-corrected chi connectivity index (χ2v) is 6.08. The van der Waals surface area contributed by atoms with Crippen molar-refractivity contribution in [2.75, 3.05) is 17.6 Å². The average Bonchev–Trinajstić information content (AvgIpc) is 2.71. The predicted octanol–water partition coefficient (Wildman–Crippen LogP) is 1.97. The number of rotatable bonds is 5. The van der Waals surface area contributed by atoms with Gasteiger partial charge in [-0.2, -0.15) is 0 Å². The maximum Gasteiger partial charge on any atom is 0.338 e. The van der Waals surface area contributed by atoms with Gasteiger partial charge in [-0.15, -0.1) is 18.3 Å². The van der Waals surface area contributed by atoms with Crippen LogP contribution in [0.15, 0.2) is 35.7 Å². The number of anilines is 1. The number of amides is 2. The van der Waals surface area contributed by atoms with Crippen LogP contribution in [0.1, 0.15) is 23.7 Å². The van der Waals surface area contributed by atoms with Crippen LogP contribution in [-0.2, 0) is 14.3 Å². The highest BCUT2D eigenvalue weighted by Crippen LogP contribution is 2.31. The minimum Gasteiger partial charge on any atom is -0.449 e. The zero-order valence-corrected chi connectivity index (χ0v) is 13.6. The van der Waals surface area contributed by atoms with Crippen LogP contribution in [0, 0.1) is 0 Å². The number of carbonyl (C=O) groups is 3. The van der Waals surface area contributed by atoms with E-state index in [0.717, 1.165) is 4.90 Å². The van der Waals surface area contributed by atoms with Crippen LogP contribution in [-0.4, -0.2) is 36.2 Å². The molecule has 6 nitrogen and oxygen atoms in total. The van der Waals surface area contributed by atoms with Crippen molar-refractivity contribution in [3.05, 3.63) is 36.4 Å². The van der Waals surface area contributed by atoms with Gasteiger partial charge in [0.25, 0.3) is 5.91 Å². The summed E-state index contributed by atoms with van der Waals surface area (Å²) in [5, 5.41) is 5.32. The van der Waals surface area contributed by atoms with Crippen molar-refractivity contribution in [3.63, 3.8) is 0 Å². The molecule has 0 aromatic heterocycles. The molecule has 0 saturated heterocycles. The Hall–Kier alpha value is -2.28. The summed E-state index contributed by atoms with van der Waals surface area (Å²) in [6.45, 7) is 5.30. The van der Waals surface area contributed by atoms with Gasteiger partial charge in [-0.05, 0) is 25.1 Å². The number of hydrogen-bond donors (Lipinski definition) is 2. The first-order valence-electron chi connectivity index (χ1n) is 7.17. The highest BCUT2D eigenvalue weighted by Gasteiger charge is 2.20. The number of benzene rings is 1. The molecule has 0 bridgehead atoms. The molecule has 1 aliphatic rings. The van der Waals surface area contributed by atoms with Crippen LogP contribution in [0.25, 0.3) is 0 Å². The molecule has 0 radical (unpaired) electrons. The van der Waals surface area contributed by atoms with E-state index in [1.165, 1.54) is 6.92 Å². The van der Waals surface area contributed by atoms with E-state index in [9.17, 15) is 14.4 Å². The lowest BCUT2D eigenvalue weighted by Gasteiger charge is -2.14. The molecule has 2 amide bonds. The summed E-state index contributed by atoms with van der Waals surface area (Å²) in [6, 6.07) is 4.97. The lowest BCUT2D eigenvalue weighted by atomic mass is 10.2. The lowest BCUT2D eigenvalue weighted by Crippen LogP contribution is -2.35. The van der Waals surface area contributed by atoms with E-state index in [1.807, 2.05) is 0 Å². The molecule has 1 aromatic rings. The van der Waals surface area contributed by atoms with E-state index in [1.54, 1.807) is 36.0 Å². The molecule has 2 N–H and O–H groups in total. The Bertz CT molecular complexity index is 645. The van der Waals surface area contributed by atoms with Crippen LogP contribution in [0.4, 0.5) is 5.69 Å².